The number of carbonyl (C=O) groups is 1. The fraction of sp³-hybridized carbons (Fsp3) is 0.0833. The summed E-state index contributed by atoms with van der Waals surface area (Å²) >= 11 is 0. The fourth-order valence-electron chi connectivity index (χ4n) is 1.49. The lowest BCUT2D eigenvalue weighted by Crippen LogP contribution is -1.94. The maximum Gasteiger partial charge on any atom is 0.288 e. The van der Waals surface area contributed by atoms with Gasteiger partial charge in [-0.25, -0.2) is 4.99 Å². The molecule has 0 aliphatic carbocycles. The van der Waals surface area contributed by atoms with Gasteiger partial charge in [0.15, 0.2) is 0 Å². The third-order valence-corrected chi connectivity index (χ3v) is 2.29. The molecule has 1 aliphatic heterocycles. The number of aliphatic imine (C=N–C) groups is 1. The third-order valence-electron chi connectivity index (χ3n) is 2.29. The minimum absolute atomic E-state index is 0.0771. The maximum atomic E-state index is 11.2. The maximum absolute atomic E-state index is 11.2. The Morgan fingerprint density at radius 2 is 2.25 bits per heavy atom. The first kappa shape index (κ1) is 10.1. The zero-order valence-electron chi connectivity index (χ0n) is 8.60. The molecular formula is C12H8N2O2. The van der Waals surface area contributed by atoms with E-state index < -0.39 is 5.91 Å². The molecule has 0 unspecified atom stereocenters. The van der Waals surface area contributed by atoms with E-state index in [1.807, 2.05) is 6.07 Å². The summed E-state index contributed by atoms with van der Waals surface area (Å²) in [6.07, 6.45) is 1.41. The number of nitrogens with zero attached hydrogens (tertiary/aromatic N) is 2. The van der Waals surface area contributed by atoms with Crippen LogP contribution in [-0.4, -0.2) is 19.2 Å². The number of hydrogen-bond acceptors (Lipinski definition) is 3. The van der Waals surface area contributed by atoms with E-state index in [-0.39, 0.29) is 5.57 Å². The lowest BCUT2D eigenvalue weighted by Gasteiger charge is -2.03. The molecule has 0 saturated heterocycles. The quantitative estimate of drug-likeness (QED) is 0.747. The summed E-state index contributed by atoms with van der Waals surface area (Å²) in [5.41, 5.74) is 1.38. The van der Waals surface area contributed by atoms with Gasteiger partial charge in [-0.3, -0.25) is 4.79 Å². The third kappa shape index (κ3) is 1.59. The number of ether oxygens (including phenoxy) is 1. The fourth-order valence-corrected chi connectivity index (χ4v) is 1.49. The predicted octanol–water partition coefficient (Wildman–Crippen LogP) is 1.58. The first-order valence-corrected chi connectivity index (χ1v) is 4.63. The largest absolute Gasteiger partial charge is 0.497 e. The van der Waals surface area contributed by atoms with Crippen LogP contribution < -0.4 is 4.74 Å². The van der Waals surface area contributed by atoms with Gasteiger partial charge < -0.3 is 4.74 Å². The van der Waals surface area contributed by atoms with Gasteiger partial charge in [0.05, 0.1) is 7.11 Å². The number of nitriles is 1. The van der Waals surface area contributed by atoms with Crippen molar-refractivity contribution in [3.63, 3.8) is 0 Å². The van der Waals surface area contributed by atoms with Crippen molar-refractivity contribution in [2.45, 2.75) is 0 Å². The van der Waals surface area contributed by atoms with Crippen LogP contribution in [-0.2, 0) is 4.79 Å². The van der Waals surface area contributed by atoms with Crippen LogP contribution in [0.15, 0.2) is 34.8 Å². The molecule has 16 heavy (non-hydrogen) atoms. The van der Waals surface area contributed by atoms with Crippen LogP contribution >= 0.6 is 0 Å². The number of hydrogen-bond donors (Lipinski definition) is 0. The van der Waals surface area contributed by atoms with Gasteiger partial charge in [0.25, 0.3) is 5.91 Å². The van der Waals surface area contributed by atoms with Crippen molar-refractivity contribution in [1.29, 1.82) is 5.26 Å². The predicted molar refractivity (Wildman–Crippen MR) is 59.0 cm³/mol. The molecule has 0 radical (unpaired) electrons. The van der Waals surface area contributed by atoms with Crippen molar-refractivity contribution in [2.75, 3.05) is 7.11 Å². The minimum Gasteiger partial charge on any atom is -0.497 e. The van der Waals surface area contributed by atoms with Gasteiger partial charge in [-0.2, -0.15) is 5.26 Å². The van der Waals surface area contributed by atoms with Gasteiger partial charge in [0.2, 0.25) is 0 Å². The Labute approximate surface area is 92.5 Å². The second-order valence-electron chi connectivity index (χ2n) is 3.20. The molecule has 1 aromatic rings. The molecule has 0 aromatic heterocycles. The smallest absolute Gasteiger partial charge is 0.288 e. The van der Waals surface area contributed by atoms with E-state index in [9.17, 15) is 4.79 Å². The number of methoxy groups -OCH3 is 1. The number of benzene rings is 1. The highest BCUT2D eigenvalue weighted by Crippen LogP contribution is 2.25. The number of carbonyl (C=O) groups excluding carboxylic acids is 1. The van der Waals surface area contributed by atoms with E-state index in [1.54, 1.807) is 31.4 Å². The highest BCUT2D eigenvalue weighted by molar-refractivity contribution is 6.29. The molecule has 0 fully saturated rings. The van der Waals surface area contributed by atoms with Crippen LogP contribution in [0.5, 0.6) is 5.75 Å². The topological polar surface area (TPSA) is 62.4 Å². The highest BCUT2D eigenvalue weighted by atomic mass is 16.5. The van der Waals surface area contributed by atoms with Crippen LogP contribution in [0.3, 0.4) is 0 Å². The van der Waals surface area contributed by atoms with Crippen LogP contribution in [0, 0.1) is 11.3 Å². The number of rotatable bonds is 2. The van der Waals surface area contributed by atoms with E-state index in [2.05, 4.69) is 4.99 Å². The lowest BCUT2D eigenvalue weighted by atomic mass is 10.0. The Hall–Kier alpha value is -2.41. The van der Waals surface area contributed by atoms with Crippen molar-refractivity contribution in [3.8, 4) is 11.8 Å². The molecular weight excluding hydrogens is 204 g/mol. The number of allylic oxidation sites excluding steroid dienone is 1. The summed E-state index contributed by atoms with van der Waals surface area (Å²) in [5.74, 6) is 0.190. The average molecular weight is 212 g/mol. The van der Waals surface area contributed by atoms with Crippen molar-refractivity contribution in [3.05, 3.63) is 35.4 Å². The van der Waals surface area contributed by atoms with Crippen LogP contribution in [0.4, 0.5) is 0 Å². The second-order valence-corrected chi connectivity index (χ2v) is 3.20. The Morgan fingerprint density at radius 3 is 2.94 bits per heavy atom. The summed E-state index contributed by atoms with van der Waals surface area (Å²) in [6, 6.07) is 9.02. The number of amides is 1. The summed E-state index contributed by atoms with van der Waals surface area (Å²) < 4.78 is 5.08. The SMILES string of the molecule is COc1cccc(C2=C(C#N)C(=O)N=C2)c1. The summed E-state index contributed by atoms with van der Waals surface area (Å²) in [4.78, 5) is 14.8. The summed E-state index contributed by atoms with van der Waals surface area (Å²) in [5, 5.41) is 8.85. The van der Waals surface area contributed by atoms with Gasteiger partial charge in [-0.05, 0) is 17.7 Å². The molecule has 4 nitrogen and oxygen atoms in total. The van der Waals surface area contributed by atoms with E-state index >= 15 is 0 Å². The standard InChI is InChI=1S/C12H8N2O2/c1-16-9-4-2-3-8(5-9)11-7-14-12(15)10(11)6-13/h2-5,7H,1H3. The molecule has 2 rings (SSSR count). The zero-order chi connectivity index (χ0) is 11.5. The molecule has 0 bridgehead atoms. The van der Waals surface area contributed by atoms with Gasteiger partial charge in [0.1, 0.15) is 17.4 Å². The van der Waals surface area contributed by atoms with E-state index in [0.29, 0.717) is 11.3 Å². The molecule has 0 atom stereocenters. The van der Waals surface area contributed by atoms with Crippen LogP contribution in [0.25, 0.3) is 5.57 Å². The summed E-state index contributed by atoms with van der Waals surface area (Å²) in [6.45, 7) is 0. The van der Waals surface area contributed by atoms with E-state index in [4.69, 9.17) is 10.00 Å². The van der Waals surface area contributed by atoms with Crippen molar-refractivity contribution in [1.82, 2.24) is 0 Å². The van der Waals surface area contributed by atoms with Crippen LogP contribution in [0.2, 0.25) is 0 Å². The van der Waals surface area contributed by atoms with Gasteiger partial charge in [-0.1, -0.05) is 12.1 Å². The van der Waals surface area contributed by atoms with Crippen molar-refractivity contribution in [2.24, 2.45) is 4.99 Å². The first-order valence-electron chi connectivity index (χ1n) is 4.63. The molecule has 78 valence electrons. The normalized spacial score (nSPS) is 14.1. The zero-order valence-corrected chi connectivity index (χ0v) is 8.60. The van der Waals surface area contributed by atoms with Crippen molar-refractivity contribution >= 4 is 17.7 Å². The molecule has 1 aliphatic rings. The molecule has 4 heteroatoms. The molecule has 1 heterocycles. The monoisotopic (exact) mass is 212 g/mol. The Morgan fingerprint density at radius 1 is 1.44 bits per heavy atom. The molecule has 1 amide bonds. The van der Waals surface area contributed by atoms with Gasteiger partial charge in [0, 0.05) is 11.8 Å². The van der Waals surface area contributed by atoms with E-state index in [1.165, 1.54) is 6.21 Å². The Balaban J connectivity index is 2.53. The van der Waals surface area contributed by atoms with Gasteiger partial charge >= 0.3 is 0 Å². The Bertz CT molecular complexity index is 550. The molecule has 0 spiro atoms. The molecule has 0 N–H and O–H groups in total. The average Bonchev–Trinajstić information content (AvgIpc) is 2.70. The first-order chi connectivity index (χ1) is 7.76. The minimum atomic E-state index is -0.486. The second kappa shape index (κ2) is 3.99. The van der Waals surface area contributed by atoms with Crippen molar-refractivity contribution < 1.29 is 9.53 Å². The molecule has 1 aromatic carbocycles. The van der Waals surface area contributed by atoms with Gasteiger partial charge in [-0.15, -0.1) is 0 Å². The lowest BCUT2D eigenvalue weighted by molar-refractivity contribution is -0.113. The van der Waals surface area contributed by atoms with Crippen LogP contribution in [0.1, 0.15) is 5.56 Å². The van der Waals surface area contributed by atoms with E-state index in [0.717, 1.165) is 5.56 Å². The summed E-state index contributed by atoms with van der Waals surface area (Å²) in [7, 11) is 1.56. The highest BCUT2D eigenvalue weighted by Gasteiger charge is 2.20. The molecule has 0 saturated carbocycles. The Kier molecular flexibility index (Phi) is 2.52.